The van der Waals surface area contributed by atoms with E-state index in [4.69, 9.17) is 47.4 Å². The molecule has 20 nitrogen and oxygen atoms in total. The molecule has 2 fully saturated rings. The monoisotopic (exact) mass is 1310 g/mol. The van der Waals surface area contributed by atoms with Gasteiger partial charge in [-0.05, 0) is 58.0 Å². The van der Waals surface area contributed by atoms with Crippen molar-refractivity contribution < 1.29 is 89.3 Å². The number of nitrogens with one attached hydrogen (secondary N) is 4. The lowest BCUT2D eigenvalue weighted by atomic mass is 9.96. The Balaban J connectivity index is 1.02. The minimum atomic E-state index is -5.31. The molecule has 2 saturated heterocycles. The number of hydrogen-bond donors (Lipinski definition) is 4. The summed E-state index contributed by atoms with van der Waals surface area (Å²) in [5.41, 5.74) is 4.67. The Kier molecular flexibility index (Phi) is 25.4. The van der Waals surface area contributed by atoms with Gasteiger partial charge in [-0.2, -0.15) is 13.2 Å². The number of esters is 2. The number of hydrogen-bond acceptors (Lipinski definition) is 16. The summed E-state index contributed by atoms with van der Waals surface area (Å²) >= 11 is 0. The molecule has 9 rings (SSSR count). The third-order valence-corrected chi connectivity index (χ3v) is 15.6. The molecule has 4 N–H and O–H groups in total. The molecule has 7 aromatic carbocycles. The van der Waals surface area contributed by atoms with Crippen LogP contribution in [-0.2, 0) is 106 Å². The lowest BCUT2D eigenvalue weighted by Gasteiger charge is -2.48. The second-order valence-electron chi connectivity index (χ2n) is 22.7. The molecule has 4 amide bonds. The second kappa shape index (κ2) is 34.6. The molecule has 2 aliphatic heterocycles. The summed E-state index contributed by atoms with van der Waals surface area (Å²) in [7, 11) is 1.15. The first-order chi connectivity index (χ1) is 46.0. The van der Waals surface area contributed by atoms with Crippen molar-refractivity contribution in [1.29, 1.82) is 0 Å². The van der Waals surface area contributed by atoms with E-state index in [1.54, 1.807) is 78.9 Å². The number of carbonyl (C=O) groups excluding carboxylic acids is 6. The molecule has 7 aromatic rings. The third kappa shape index (κ3) is 21.0. The van der Waals surface area contributed by atoms with Crippen molar-refractivity contribution in [3.05, 3.63) is 245 Å². The molecule has 23 heteroatoms. The van der Waals surface area contributed by atoms with Crippen molar-refractivity contribution in [2.75, 3.05) is 13.7 Å². The molecule has 0 aromatic heterocycles. The number of halogens is 3. The fourth-order valence-corrected chi connectivity index (χ4v) is 10.9. The summed E-state index contributed by atoms with van der Waals surface area (Å²) in [6.45, 7) is 2.53. The maximum absolute atomic E-state index is 14.8. The van der Waals surface area contributed by atoms with Crippen LogP contribution >= 0.6 is 0 Å². The van der Waals surface area contributed by atoms with E-state index in [0.29, 0.717) is 11.1 Å². The molecule has 500 valence electrons. The van der Waals surface area contributed by atoms with Crippen molar-refractivity contribution >= 4 is 35.8 Å². The summed E-state index contributed by atoms with van der Waals surface area (Å²) in [5, 5.41) is 10.2. The highest BCUT2D eigenvalue weighted by molar-refractivity contribution is 5.93. The highest BCUT2D eigenvalue weighted by Crippen LogP contribution is 2.36. The van der Waals surface area contributed by atoms with Gasteiger partial charge in [-0.25, -0.2) is 9.59 Å². The van der Waals surface area contributed by atoms with Crippen molar-refractivity contribution in [1.82, 2.24) is 21.3 Å². The van der Waals surface area contributed by atoms with Crippen LogP contribution in [-0.4, -0.2) is 123 Å². The predicted molar refractivity (Wildman–Crippen MR) is 338 cm³/mol. The SMILES string of the molecule is COC(=O)[C@H](NC(=O)[C@H](Cc1ccccc1)NC(=O)[C@H](Cc1ccccc1)NC(=O)OCc1ccccc1)c1ccc(O[C@@H]2O[C@H](COCc3ccccc3)[C@@H](OCc3ccccc3)[C@H](OCc3ccccc3)[C@H]2O[C@H]2C[C@H](NC(=O)C(F)(F)F)[C@@H](OC(C)=O)[C@H](C)O2)cc1. The van der Waals surface area contributed by atoms with Crippen molar-refractivity contribution in [3.63, 3.8) is 0 Å². The normalized spacial score (nSPS) is 21.1. The zero-order valence-electron chi connectivity index (χ0n) is 52.4. The summed E-state index contributed by atoms with van der Waals surface area (Å²) in [6.07, 6.45) is -16.7. The zero-order valence-corrected chi connectivity index (χ0v) is 52.4. The summed E-state index contributed by atoms with van der Waals surface area (Å²) in [5.74, 6) is -5.40. The number of alkyl carbamates (subject to hydrolysis) is 1. The van der Waals surface area contributed by atoms with Gasteiger partial charge in [0.25, 0.3) is 0 Å². The van der Waals surface area contributed by atoms with Crippen LogP contribution < -0.4 is 26.0 Å². The number of amides is 4. The first-order valence-corrected chi connectivity index (χ1v) is 30.9. The van der Waals surface area contributed by atoms with E-state index < -0.39 is 122 Å². The molecule has 0 radical (unpaired) electrons. The number of carbonyl (C=O) groups is 6. The molecule has 0 spiro atoms. The molecule has 12 atom stereocenters. The van der Waals surface area contributed by atoms with E-state index in [2.05, 4.69) is 16.0 Å². The number of ether oxygens (including phenoxy) is 10. The van der Waals surface area contributed by atoms with Gasteiger partial charge in [-0.1, -0.05) is 194 Å². The summed E-state index contributed by atoms with van der Waals surface area (Å²) < 4.78 is 105. The topological polar surface area (TPSA) is 243 Å². The van der Waals surface area contributed by atoms with Gasteiger partial charge in [0, 0.05) is 26.2 Å². The summed E-state index contributed by atoms with van der Waals surface area (Å²) in [6, 6.07) is 55.1. The smallest absolute Gasteiger partial charge is 0.467 e. The van der Waals surface area contributed by atoms with Gasteiger partial charge in [-0.15, -0.1) is 0 Å². The molecule has 0 aliphatic carbocycles. The maximum atomic E-state index is 14.8. The molecular weight excluding hydrogens is 1230 g/mol. The van der Waals surface area contributed by atoms with Gasteiger partial charge >= 0.3 is 30.1 Å². The van der Waals surface area contributed by atoms with E-state index in [9.17, 15) is 41.9 Å². The predicted octanol–water partition coefficient (Wildman–Crippen LogP) is 9.27. The standard InChI is InChI=1S/C72H75F3N4O16/c1-46-62(92-47(2)80)56(77-70(84)72(73,74)75)40-60(91-46)95-65-64(89-43-52-30-18-8-19-31-52)63(88-42-51-28-16-7-17-29-51)59(45-87-41-50-26-14-6-15-27-50)94-69(65)93-55-36-34-54(35-37-55)61(68(83)86-3)79-67(82)57(38-48-22-10-4-11-23-48)76-66(81)58(39-49-24-12-5-13-25-49)78-71(85)90-44-53-32-20-9-21-33-53/h4-37,46,56-65,69H,38-45H2,1-3H3,(H,76,81)(H,77,84)(H,78,85)(H,79,82)/t46-,56-,57-,58-,59+,60-,61+,62-,63+,64-,65+,69+/m0/s1. The van der Waals surface area contributed by atoms with Crippen LogP contribution in [0.15, 0.2) is 206 Å². The summed E-state index contributed by atoms with van der Waals surface area (Å²) in [4.78, 5) is 81.4. The van der Waals surface area contributed by atoms with E-state index in [0.717, 1.165) is 36.3 Å². The van der Waals surface area contributed by atoms with Crippen molar-refractivity contribution in [2.24, 2.45) is 0 Å². The lowest BCUT2D eigenvalue weighted by Crippen LogP contribution is -2.64. The van der Waals surface area contributed by atoms with E-state index in [1.807, 2.05) is 108 Å². The van der Waals surface area contributed by atoms with E-state index in [1.165, 1.54) is 31.2 Å². The third-order valence-electron chi connectivity index (χ3n) is 15.6. The van der Waals surface area contributed by atoms with E-state index in [-0.39, 0.29) is 57.2 Å². The second-order valence-corrected chi connectivity index (χ2v) is 22.7. The Morgan fingerprint density at radius 1 is 0.547 bits per heavy atom. The Morgan fingerprint density at radius 3 is 1.53 bits per heavy atom. The van der Waals surface area contributed by atoms with Gasteiger partial charge in [0.05, 0.1) is 45.7 Å². The van der Waals surface area contributed by atoms with Crippen LogP contribution in [0.5, 0.6) is 5.75 Å². The first kappa shape index (κ1) is 69.8. The molecule has 0 bridgehead atoms. The van der Waals surface area contributed by atoms with Gasteiger partial charge in [0.1, 0.15) is 48.9 Å². The van der Waals surface area contributed by atoms with Crippen molar-refractivity contribution in [3.8, 4) is 5.75 Å². The fraction of sp³-hybridized carbons (Fsp3) is 0.333. The Labute approximate surface area is 548 Å². The average molecular weight is 1310 g/mol. The molecule has 0 unspecified atom stereocenters. The molecular formula is C72H75F3N4O16. The van der Waals surface area contributed by atoms with Crippen LogP contribution in [0.1, 0.15) is 65.3 Å². The Morgan fingerprint density at radius 2 is 1.02 bits per heavy atom. The number of methoxy groups -OCH3 is 1. The zero-order chi connectivity index (χ0) is 67.1. The average Bonchev–Trinajstić information content (AvgIpc) is 0.792. The quantitative estimate of drug-likeness (QED) is 0.0252. The van der Waals surface area contributed by atoms with Crippen LogP contribution in [0.4, 0.5) is 18.0 Å². The van der Waals surface area contributed by atoms with Crippen LogP contribution in [0, 0.1) is 0 Å². The van der Waals surface area contributed by atoms with Gasteiger partial charge < -0.3 is 68.6 Å². The van der Waals surface area contributed by atoms with Crippen LogP contribution in [0.2, 0.25) is 0 Å². The minimum absolute atomic E-state index is 0.0224. The van der Waals surface area contributed by atoms with Crippen molar-refractivity contribution in [2.45, 2.75) is 139 Å². The molecule has 2 heterocycles. The van der Waals surface area contributed by atoms with E-state index >= 15 is 0 Å². The maximum Gasteiger partial charge on any atom is 0.471 e. The van der Waals surface area contributed by atoms with Gasteiger partial charge in [0.15, 0.2) is 18.4 Å². The van der Waals surface area contributed by atoms with Crippen LogP contribution in [0.3, 0.4) is 0 Å². The molecule has 95 heavy (non-hydrogen) atoms. The highest BCUT2D eigenvalue weighted by Gasteiger charge is 2.53. The number of benzene rings is 7. The first-order valence-electron chi connectivity index (χ1n) is 30.9. The number of alkyl halides is 3. The molecule has 0 saturated carbocycles. The van der Waals surface area contributed by atoms with Gasteiger partial charge in [0.2, 0.25) is 18.1 Å². The fourth-order valence-electron chi connectivity index (χ4n) is 10.9. The Bertz CT molecular complexity index is 3550. The van der Waals surface area contributed by atoms with Crippen LogP contribution in [0.25, 0.3) is 0 Å². The minimum Gasteiger partial charge on any atom is -0.467 e. The largest absolute Gasteiger partial charge is 0.471 e. The highest BCUT2D eigenvalue weighted by atomic mass is 19.4. The van der Waals surface area contributed by atoms with Gasteiger partial charge in [-0.3, -0.25) is 19.2 Å². The Hall–Kier alpha value is -9.49. The number of rotatable bonds is 29. The lowest BCUT2D eigenvalue weighted by molar-refractivity contribution is -0.343. The molecule has 2 aliphatic rings.